The molecule has 1 atom stereocenters. The van der Waals surface area contributed by atoms with Crippen LogP contribution in [-0.4, -0.2) is 48.3 Å². The summed E-state index contributed by atoms with van der Waals surface area (Å²) in [6.07, 6.45) is 2.27. The highest BCUT2D eigenvalue weighted by molar-refractivity contribution is 5.81. The van der Waals surface area contributed by atoms with Gasteiger partial charge in [0, 0.05) is 32.6 Å². The Hall–Kier alpha value is -1.88. The Morgan fingerprint density at radius 1 is 1.28 bits per heavy atom. The smallest absolute Gasteiger partial charge is 0.225 e. The molecule has 2 amide bonds. The van der Waals surface area contributed by atoms with Gasteiger partial charge in [-0.15, -0.1) is 0 Å². The van der Waals surface area contributed by atoms with Gasteiger partial charge in [-0.1, -0.05) is 38.1 Å². The molecule has 1 heterocycles. The molecule has 1 aromatic carbocycles. The van der Waals surface area contributed by atoms with E-state index in [2.05, 4.69) is 36.3 Å². The summed E-state index contributed by atoms with van der Waals surface area (Å²) in [5.41, 5.74) is 2.38. The summed E-state index contributed by atoms with van der Waals surface area (Å²) in [7, 11) is 2.10. The monoisotopic (exact) mass is 345 g/mol. The number of hydrogen-bond donors (Lipinski definition) is 1. The van der Waals surface area contributed by atoms with Crippen LogP contribution >= 0.6 is 0 Å². The van der Waals surface area contributed by atoms with E-state index in [0.29, 0.717) is 19.5 Å². The highest BCUT2D eigenvalue weighted by atomic mass is 16.2. The van der Waals surface area contributed by atoms with Gasteiger partial charge < -0.3 is 15.1 Å². The Morgan fingerprint density at radius 2 is 2.04 bits per heavy atom. The molecule has 25 heavy (non-hydrogen) atoms. The van der Waals surface area contributed by atoms with E-state index in [9.17, 15) is 9.59 Å². The molecule has 0 unspecified atom stereocenters. The van der Waals surface area contributed by atoms with Crippen molar-refractivity contribution in [1.29, 1.82) is 0 Å². The second-order valence-electron chi connectivity index (χ2n) is 6.90. The minimum Gasteiger partial charge on any atom is -0.352 e. The van der Waals surface area contributed by atoms with Gasteiger partial charge >= 0.3 is 0 Å². The van der Waals surface area contributed by atoms with Gasteiger partial charge in [-0.2, -0.15) is 0 Å². The van der Waals surface area contributed by atoms with Crippen LogP contribution in [0.1, 0.15) is 44.2 Å². The number of likely N-dealkylation sites (tertiary alicyclic amines) is 1. The van der Waals surface area contributed by atoms with Gasteiger partial charge in [0.05, 0.1) is 5.92 Å². The maximum absolute atomic E-state index is 12.5. The second kappa shape index (κ2) is 9.56. The van der Waals surface area contributed by atoms with Crippen molar-refractivity contribution in [1.82, 2.24) is 15.1 Å². The molecule has 0 aliphatic carbocycles. The van der Waals surface area contributed by atoms with Crippen molar-refractivity contribution in [3.63, 3.8) is 0 Å². The van der Waals surface area contributed by atoms with E-state index >= 15 is 0 Å². The number of amides is 2. The van der Waals surface area contributed by atoms with Crippen LogP contribution in [0.3, 0.4) is 0 Å². The number of carbonyl (C=O) groups excluding carboxylic acids is 2. The van der Waals surface area contributed by atoms with Crippen LogP contribution in [0.2, 0.25) is 0 Å². The largest absolute Gasteiger partial charge is 0.352 e. The predicted molar refractivity (Wildman–Crippen MR) is 99.9 cm³/mol. The number of nitrogens with one attached hydrogen (secondary N) is 1. The molecule has 5 heteroatoms. The number of nitrogens with zero attached hydrogens (tertiary/aromatic N) is 2. The third-order valence-corrected chi connectivity index (χ3v) is 4.90. The summed E-state index contributed by atoms with van der Waals surface area (Å²) in [6, 6.07) is 8.36. The van der Waals surface area contributed by atoms with Crippen LogP contribution in [0.15, 0.2) is 24.3 Å². The zero-order valence-corrected chi connectivity index (χ0v) is 15.8. The fraction of sp³-hybridized carbons (Fsp3) is 0.600. The second-order valence-corrected chi connectivity index (χ2v) is 6.90. The summed E-state index contributed by atoms with van der Waals surface area (Å²) < 4.78 is 0. The van der Waals surface area contributed by atoms with Crippen LogP contribution in [-0.2, 0) is 22.7 Å². The van der Waals surface area contributed by atoms with Crippen molar-refractivity contribution in [2.24, 2.45) is 5.92 Å². The minimum absolute atomic E-state index is 0.0599. The van der Waals surface area contributed by atoms with Crippen LogP contribution in [0, 0.1) is 5.92 Å². The minimum atomic E-state index is -0.0846. The Balaban J connectivity index is 1.87. The van der Waals surface area contributed by atoms with Crippen molar-refractivity contribution in [3.8, 4) is 0 Å². The molecule has 1 aliphatic rings. The van der Waals surface area contributed by atoms with Crippen LogP contribution in [0.4, 0.5) is 0 Å². The van der Waals surface area contributed by atoms with E-state index in [0.717, 1.165) is 38.0 Å². The molecule has 1 aromatic rings. The Bertz CT molecular complexity index is 588. The van der Waals surface area contributed by atoms with Crippen molar-refractivity contribution < 1.29 is 9.59 Å². The summed E-state index contributed by atoms with van der Waals surface area (Å²) >= 11 is 0. The topological polar surface area (TPSA) is 52.7 Å². The lowest BCUT2D eigenvalue weighted by molar-refractivity contribution is -0.135. The molecule has 0 bridgehead atoms. The molecule has 1 saturated heterocycles. The van der Waals surface area contributed by atoms with Gasteiger partial charge in [-0.25, -0.2) is 0 Å². The average molecular weight is 345 g/mol. The molecule has 0 radical (unpaired) electrons. The van der Waals surface area contributed by atoms with E-state index in [1.165, 1.54) is 5.56 Å². The first-order chi connectivity index (χ1) is 12.0. The molecular formula is C20H31N3O2. The molecule has 138 valence electrons. The molecule has 0 aromatic heterocycles. The first-order valence-corrected chi connectivity index (χ1v) is 9.35. The van der Waals surface area contributed by atoms with Gasteiger partial charge in [0.25, 0.3) is 0 Å². The molecule has 1 N–H and O–H groups in total. The lowest BCUT2D eigenvalue weighted by atomic mass is 9.96. The van der Waals surface area contributed by atoms with Crippen molar-refractivity contribution in [2.75, 3.05) is 26.7 Å². The van der Waals surface area contributed by atoms with Gasteiger partial charge in [-0.05, 0) is 37.6 Å². The Morgan fingerprint density at radius 3 is 2.76 bits per heavy atom. The van der Waals surface area contributed by atoms with Crippen LogP contribution < -0.4 is 5.32 Å². The first kappa shape index (κ1) is 19.4. The van der Waals surface area contributed by atoms with E-state index < -0.39 is 0 Å². The van der Waals surface area contributed by atoms with E-state index in [4.69, 9.17) is 0 Å². The van der Waals surface area contributed by atoms with Crippen molar-refractivity contribution in [2.45, 2.75) is 46.2 Å². The SMILES string of the molecule is CCC(=O)N1CCC[C@@H](C(=O)NCc2cccc(CN(C)CC)c2)C1. The quantitative estimate of drug-likeness (QED) is 0.826. The lowest BCUT2D eigenvalue weighted by Gasteiger charge is -2.32. The molecule has 1 fully saturated rings. The fourth-order valence-corrected chi connectivity index (χ4v) is 3.24. The number of hydrogen-bond acceptors (Lipinski definition) is 3. The van der Waals surface area contributed by atoms with Gasteiger partial charge in [0.15, 0.2) is 0 Å². The molecule has 0 saturated carbocycles. The third kappa shape index (κ3) is 5.85. The summed E-state index contributed by atoms with van der Waals surface area (Å²) in [6.45, 7) is 7.81. The zero-order valence-electron chi connectivity index (χ0n) is 15.8. The van der Waals surface area contributed by atoms with Crippen molar-refractivity contribution >= 4 is 11.8 Å². The molecule has 2 rings (SSSR count). The van der Waals surface area contributed by atoms with Gasteiger partial charge in [-0.3, -0.25) is 9.59 Å². The average Bonchev–Trinajstić information content (AvgIpc) is 2.65. The maximum Gasteiger partial charge on any atom is 0.225 e. The van der Waals surface area contributed by atoms with Crippen LogP contribution in [0.25, 0.3) is 0 Å². The number of piperidine rings is 1. The summed E-state index contributed by atoms with van der Waals surface area (Å²) in [5, 5.41) is 3.05. The van der Waals surface area contributed by atoms with Gasteiger partial charge in [0.2, 0.25) is 11.8 Å². The molecule has 1 aliphatic heterocycles. The molecule has 5 nitrogen and oxygen atoms in total. The highest BCUT2D eigenvalue weighted by Gasteiger charge is 2.27. The Labute approximate surface area is 151 Å². The predicted octanol–water partition coefficient (Wildman–Crippen LogP) is 2.40. The maximum atomic E-state index is 12.5. The van der Waals surface area contributed by atoms with Crippen LogP contribution in [0.5, 0.6) is 0 Å². The lowest BCUT2D eigenvalue weighted by Crippen LogP contribution is -2.45. The van der Waals surface area contributed by atoms with E-state index in [1.54, 1.807) is 0 Å². The van der Waals surface area contributed by atoms with E-state index in [1.807, 2.05) is 24.0 Å². The normalized spacial score (nSPS) is 17.6. The number of benzene rings is 1. The third-order valence-electron chi connectivity index (χ3n) is 4.90. The fourth-order valence-electron chi connectivity index (χ4n) is 3.24. The molecule has 0 spiro atoms. The number of rotatable bonds is 7. The highest BCUT2D eigenvalue weighted by Crippen LogP contribution is 2.17. The van der Waals surface area contributed by atoms with Crippen molar-refractivity contribution in [3.05, 3.63) is 35.4 Å². The Kier molecular flexibility index (Phi) is 7.44. The summed E-state index contributed by atoms with van der Waals surface area (Å²) in [5.74, 6) is 0.119. The zero-order chi connectivity index (χ0) is 18.2. The van der Waals surface area contributed by atoms with Gasteiger partial charge in [0.1, 0.15) is 0 Å². The standard InChI is InChI=1S/C20H31N3O2/c1-4-19(24)23-11-7-10-18(15-23)20(25)21-13-16-8-6-9-17(12-16)14-22(3)5-2/h6,8-9,12,18H,4-5,7,10-11,13-15H2,1-3H3,(H,21,25)/t18-/m1/s1. The molecular weight excluding hydrogens is 314 g/mol. The number of carbonyl (C=O) groups is 2. The van der Waals surface area contributed by atoms with E-state index in [-0.39, 0.29) is 17.7 Å². The first-order valence-electron chi connectivity index (χ1n) is 9.35. The summed E-state index contributed by atoms with van der Waals surface area (Å²) in [4.78, 5) is 28.4.